The molecule has 0 bridgehead atoms. The van der Waals surface area contributed by atoms with Crippen molar-refractivity contribution < 1.29 is 33.6 Å². The van der Waals surface area contributed by atoms with E-state index in [0.717, 1.165) is 56.3 Å². The first-order valence-electron chi connectivity index (χ1n) is 15.4. The summed E-state index contributed by atoms with van der Waals surface area (Å²) >= 11 is 0. The Labute approximate surface area is 269 Å². The van der Waals surface area contributed by atoms with Gasteiger partial charge in [-0.1, -0.05) is 12.1 Å². The van der Waals surface area contributed by atoms with Gasteiger partial charge in [0.25, 0.3) is 0 Å². The molecule has 1 N–H and O–H groups in total. The largest absolute Gasteiger partial charge is 0.504 e. The van der Waals surface area contributed by atoms with Crippen molar-refractivity contribution in [2.45, 2.75) is 31.8 Å². The van der Waals surface area contributed by atoms with E-state index in [0.29, 0.717) is 40.1 Å². The number of hydrogen-bond donors (Lipinski definition) is 1. The Morgan fingerprint density at radius 2 is 1.52 bits per heavy atom. The first-order chi connectivity index (χ1) is 22.3. The van der Waals surface area contributed by atoms with E-state index >= 15 is 0 Å². The minimum Gasteiger partial charge on any atom is -0.504 e. The average Bonchev–Trinajstić information content (AvgIpc) is 3.07. The molecule has 0 aromatic heterocycles. The van der Waals surface area contributed by atoms with Gasteiger partial charge in [0.15, 0.2) is 34.5 Å². The summed E-state index contributed by atoms with van der Waals surface area (Å²) in [7, 11) is 9.22. The number of benzene rings is 4. The molecule has 0 saturated carbocycles. The Hall–Kier alpha value is -4.73. The highest BCUT2D eigenvalue weighted by atomic mass is 16.5. The third-order valence-electron chi connectivity index (χ3n) is 8.97. The highest BCUT2D eigenvalue weighted by molar-refractivity contribution is 5.76. The summed E-state index contributed by atoms with van der Waals surface area (Å²) in [5.41, 5.74) is 6.27. The first-order valence-corrected chi connectivity index (χ1v) is 15.4. The summed E-state index contributed by atoms with van der Waals surface area (Å²) in [6.07, 6.45) is 3.29. The second kappa shape index (κ2) is 13.3. The van der Waals surface area contributed by atoms with Crippen LogP contribution in [-0.2, 0) is 25.8 Å². The van der Waals surface area contributed by atoms with Gasteiger partial charge in [0, 0.05) is 36.8 Å². The molecule has 0 radical (unpaired) electrons. The Balaban J connectivity index is 1.31. The van der Waals surface area contributed by atoms with Crippen LogP contribution in [0, 0.1) is 0 Å². The lowest BCUT2D eigenvalue weighted by Gasteiger charge is -2.35. The summed E-state index contributed by atoms with van der Waals surface area (Å²) in [6.45, 7) is 2.62. The predicted molar refractivity (Wildman–Crippen MR) is 175 cm³/mol. The molecule has 46 heavy (non-hydrogen) atoms. The quantitative estimate of drug-likeness (QED) is 0.197. The van der Waals surface area contributed by atoms with E-state index in [9.17, 15) is 9.90 Å². The van der Waals surface area contributed by atoms with Crippen molar-refractivity contribution in [2.75, 3.05) is 48.5 Å². The summed E-state index contributed by atoms with van der Waals surface area (Å²) in [6, 6.07) is 18.7. The summed E-state index contributed by atoms with van der Waals surface area (Å²) in [4.78, 5) is 15.8. The Bertz CT molecular complexity index is 1740. The summed E-state index contributed by atoms with van der Waals surface area (Å²) in [5, 5.41) is 10.2. The van der Waals surface area contributed by atoms with Gasteiger partial charge in [0.05, 0.1) is 21.3 Å². The van der Waals surface area contributed by atoms with Gasteiger partial charge in [0.1, 0.15) is 12.0 Å². The maximum Gasteiger partial charge on any atom is 0.204 e. The van der Waals surface area contributed by atoms with Crippen molar-refractivity contribution >= 4 is 6.29 Å². The maximum absolute atomic E-state index is 11.2. The second-order valence-electron chi connectivity index (χ2n) is 11.9. The molecule has 6 rings (SSSR count). The number of aromatic hydroxyl groups is 1. The van der Waals surface area contributed by atoms with E-state index < -0.39 is 0 Å². The molecular formula is C37H40N2O7. The first kappa shape index (κ1) is 31.3. The molecule has 0 fully saturated rings. The molecule has 9 nitrogen and oxygen atoms in total. The van der Waals surface area contributed by atoms with Crippen LogP contribution in [0.2, 0.25) is 0 Å². The minimum atomic E-state index is -0.0253. The number of likely N-dealkylation sites (N-methyl/N-ethyl adjacent to an activating group) is 2. The van der Waals surface area contributed by atoms with Crippen molar-refractivity contribution in [1.82, 2.24) is 9.80 Å². The number of carbonyl (C=O) groups excluding carboxylic acids is 1. The smallest absolute Gasteiger partial charge is 0.204 e. The zero-order chi connectivity index (χ0) is 32.4. The van der Waals surface area contributed by atoms with Crippen molar-refractivity contribution in [3.63, 3.8) is 0 Å². The van der Waals surface area contributed by atoms with Crippen LogP contribution >= 0.6 is 0 Å². The fourth-order valence-corrected chi connectivity index (χ4v) is 6.39. The molecule has 2 aliphatic rings. The Kier molecular flexibility index (Phi) is 9.05. The topological polar surface area (TPSA) is 89.9 Å². The summed E-state index contributed by atoms with van der Waals surface area (Å²) in [5.74, 6) is 3.96. The van der Waals surface area contributed by atoms with E-state index in [-0.39, 0.29) is 17.5 Å². The van der Waals surface area contributed by atoms with Crippen LogP contribution in [0.5, 0.6) is 46.0 Å². The van der Waals surface area contributed by atoms with Gasteiger partial charge in [-0.2, -0.15) is 0 Å². The zero-order valence-corrected chi connectivity index (χ0v) is 27.0. The molecule has 0 spiro atoms. The molecule has 4 aromatic rings. The fourth-order valence-electron chi connectivity index (χ4n) is 6.39. The molecular weight excluding hydrogens is 584 g/mol. The fraction of sp³-hybridized carbons (Fsp3) is 0.324. The van der Waals surface area contributed by atoms with Gasteiger partial charge in [-0.25, -0.2) is 0 Å². The number of methoxy groups -OCH3 is 3. The van der Waals surface area contributed by atoms with Crippen LogP contribution in [0.15, 0.2) is 60.7 Å². The van der Waals surface area contributed by atoms with Crippen LogP contribution in [0.4, 0.5) is 0 Å². The van der Waals surface area contributed by atoms with Crippen molar-refractivity contribution in [3.8, 4) is 46.0 Å². The number of phenols is 1. The van der Waals surface area contributed by atoms with Crippen LogP contribution in [0.3, 0.4) is 0 Å². The van der Waals surface area contributed by atoms with E-state index in [1.807, 2.05) is 24.3 Å². The molecule has 1 atom stereocenters. The number of phenolic OH excluding ortho intramolecular Hbond substituents is 1. The maximum atomic E-state index is 11.2. The number of aldehydes is 1. The standard InChI is InChI=1S/C37H40N2O7/c1-38-14-12-26-19-35(43-4)37(44-5)36(29(26)21-38)46-34-20-28-25(18-33(34)42-3)13-15-39(2)30(28)16-23-6-9-27(10-7-23)45-32-17-24(22-40)8-11-31(32)41/h6-11,17-20,22,30,41H,12-16,21H2,1-5H3. The van der Waals surface area contributed by atoms with E-state index in [1.54, 1.807) is 27.4 Å². The third-order valence-corrected chi connectivity index (χ3v) is 8.97. The van der Waals surface area contributed by atoms with Crippen LogP contribution < -0.4 is 23.7 Å². The molecule has 0 amide bonds. The number of rotatable bonds is 10. The lowest BCUT2D eigenvalue weighted by molar-refractivity contribution is 0.112. The second-order valence-corrected chi connectivity index (χ2v) is 11.9. The number of nitrogens with zero attached hydrogens (tertiary/aromatic N) is 2. The van der Waals surface area contributed by atoms with Crippen molar-refractivity contribution in [2.24, 2.45) is 0 Å². The number of hydrogen-bond acceptors (Lipinski definition) is 9. The van der Waals surface area contributed by atoms with Gasteiger partial charge >= 0.3 is 0 Å². The highest BCUT2D eigenvalue weighted by Gasteiger charge is 2.30. The molecule has 4 aromatic carbocycles. The molecule has 0 saturated heterocycles. The average molecular weight is 625 g/mol. The van der Waals surface area contributed by atoms with Gasteiger partial charge in [-0.15, -0.1) is 0 Å². The molecule has 9 heteroatoms. The van der Waals surface area contributed by atoms with Gasteiger partial charge < -0.3 is 33.7 Å². The van der Waals surface area contributed by atoms with Crippen molar-refractivity contribution in [1.29, 1.82) is 0 Å². The Morgan fingerprint density at radius 1 is 0.783 bits per heavy atom. The van der Waals surface area contributed by atoms with Gasteiger partial charge in [0.2, 0.25) is 5.75 Å². The lowest BCUT2D eigenvalue weighted by Crippen LogP contribution is -2.33. The Morgan fingerprint density at radius 3 is 2.24 bits per heavy atom. The monoisotopic (exact) mass is 624 g/mol. The zero-order valence-electron chi connectivity index (χ0n) is 27.0. The molecule has 2 aliphatic heterocycles. The number of ether oxygens (including phenoxy) is 5. The van der Waals surface area contributed by atoms with E-state index in [1.165, 1.54) is 28.8 Å². The molecule has 1 unspecified atom stereocenters. The van der Waals surface area contributed by atoms with Crippen LogP contribution in [0.1, 0.15) is 44.2 Å². The normalized spacial score (nSPS) is 16.2. The van der Waals surface area contributed by atoms with E-state index in [2.05, 4.69) is 42.1 Å². The van der Waals surface area contributed by atoms with E-state index in [4.69, 9.17) is 23.7 Å². The number of fused-ring (bicyclic) bond motifs is 2. The predicted octanol–water partition coefficient (Wildman–Crippen LogP) is 6.57. The highest BCUT2D eigenvalue weighted by Crippen LogP contribution is 2.48. The SMILES string of the molecule is COc1cc2c(cc1Oc1c3c(cc(OC)c1OC)CCN(C)C3)C(Cc1ccc(Oc3cc(C=O)ccc3O)cc1)N(C)CC2. The van der Waals surface area contributed by atoms with Crippen LogP contribution in [0.25, 0.3) is 0 Å². The number of carbonyl (C=O) groups is 1. The minimum absolute atomic E-state index is 0.0253. The third kappa shape index (κ3) is 6.21. The lowest BCUT2D eigenvalue weighted by atomic mass is 9.88. The molecule has 0 aliphatic carbocycles. The van der Waals surface area contributed by atoms with Gasteiger partial charge in [-0.05, 0) is 104 Å². The summed E-state index contributed by atoms with van der Waals surface area (Å²) < 4.78 is 30.1. The van der Waals surface area contributed by atoms with Crippen molar-refractivity contribution in [3.05, 3.63) is 94.0 Å². The molecule has 240 valence electrons. The van der Waals surface area contributed by atoms with Gasteiger partial charge in [-0.3, -0.25) is 9.69 Å². The molecule has 2 heterocycles. The van der Waals surface area contributed by atoms with Crippen LogP contribution in [-0.4, -0.2) is 69.7 Å².